The molecule has 1 amide bonds. The monoisotopic (exact) mass is 211 g/mol. The molecule has 0 saturated carbocycles. The van der Waals surface area contributed by atoms with Gasteiger partial charge in [-0.05, 0) is 19.8 Å². The van der Waals surface area contributed by atoms with Crippen LogP contribution in [0.4, 0.5) is 0 Å². The Kier molecular flexibility index (Phi) is 4.34. The molecule has 0 radical (unpaired) electrons. The lowest BCUT2D eigenvalue weighted by molar-refractivity contribution is -0.137. The van der Waals surface area contributed by atoms with Crippen LogP contribution in [-0.2, 0) is 14.3 Å². The van der Waals surface area contributed by atoms with E-state index in [9.17, 15) is 9.59 Å². The van der Waals surface area contributed by atoms with E-state index in [-0.39, 0.29) is 11.9 Å². The fraction of sp³-hybridized carbons (Fsp3) is 0.636. The van der Waals surface area contributed by atoms with Crippen molar-refractivity contribution in [3.05, 3.63) is 11.8 Å². The van der Waals surface area contributed by atoms with Gasteiger partial charge in [0.25, 0.3) is 0 Å². The molecular formula is C11H17NO3. The lowest BCUT2D eigenvalue weighted by atomic mass is 10.3. The summed E-state index contributed by atoms with van der Waals surface area (Å²) in [5, 5.41) is 0. The minimum Gasteiger partial charge on any atom is -0.463 e. The van der Waals surface area contributed by atoms with Gasteiger partial charge in [0.2, 0.25) is 5.91 Å². The largest absolute Gasteiger partial charge is 0.463 e. The van der Waals surface area contributed by atoms with Gasteiger partial charge in [-0.2, -0.15) is 0 Å². The summed E-state index contributed by atoms with van der Waals surface area (Å²) in [4.78, 5) is 24.3. The van der Waals surface area contributed by atoms with Crippen molar-refractivity contribution in [2.24, 2.45) is 0 Å². The summed E-state index contributed by atoms with van der Waals surface area (Å²) in [5.74, 6) is -0.254. The first kappa shape index (κ1) is 11.8. The third-order valence-electron chi connectivity index (χ3n) is 2.26. The molecule has 0 aromatic rings. The summed E-state index contributed by atoms with van der Waals surface area (Å²) in [5.41, 5.74) is 0.792. The number of hydrogen-bond donors (Lipinski definition) is 0. The quantitative estimate of drug-likeness (QED) is 0.522. The average Bonchev–Trinajstić information content (AvgIpc) is 2.51. The molecule has 4 nitrogen and oxygen atoms in total. The minimum atomic E-state index is -0.358. The van der Waals surface area contributed by atoms with E-state index in [0.29, 0.717) is 26.0 Å². The molecule has 1 heterocycles. The second kappa shape index (κ2) is 5.53. The highest BCUT2D eigenvalue weighted by Gasteiger charge is 2.25. The molecular weight excluding hydrogens is 194 g/mol. The van der Waals surface area contributed by atoms with Crippen LogP contribution in [0.3, 0.4) is 0 Å². The highest BCUT2D eigenvalue weighted by atomic mass is 16.5. The van der Waals surface area contributed by atoms with Crippen LogP contribution in [0.5, 0.6) is 0 Å². The van der Waals surface area contributed by atoms with Crippen LogP contribution in [-0.4, -0.2) is 29.9 Å². The average molecular weight is 211 g/mol. The summed E-state index contributed by atoms with van der Waals surface area (Å²) in [7, 11) is 0. The number of likely N-dealkylation sites (tertiary alicyclic amines) is 1. The Morgan fingerprint density at radius 3 is 2.80 bits per heavy atom. The number of amides is 1. The maximum atomic E-state index is 11.4. The smallest absolute Gasteiger partial charge is 0.332 e. The van der Waals surface area contributed by atoms with Gasteiger partial charge in [0.1, 0.15) is 0 Å². The van der Waals surface area contributed by atoms with Gasteiger partial charge in [0.05, 0.1) is 6.61 Å². The van der Waals surface area contributed by atoms with Gasteiger partial charge in [0, 0.05) is 24.7 Å². The molecule has 0 spiro atoms. The van der Waals surface area contributed by atoms with E-state index in [1.807, 2.05) is 6.92 Å². The van der Waals surface area contributed by atoms with Crippen molar-refractivity contribution in [2.75, 3.05) is 13.2 Å². The van der Waals surface area contributed by atoms with Crippen molar-refractivity contribution in [3.63, 3.8) is 0 Å². The molecule has 0 aliphatic carbocycles. The molecule has 1 aliphatic heterocycles. The second-order valence-corrected chi connectivity index (χ2v) is 3.43. The Hall–Kier alpha value is -1.32. The van der Waals surface area contributed by atoms with Crippen molar-refractivity contribution >= 4 is 11.9 Å². The van der Waals surface area contributed by atoms with Gasteiger partial charge in [-0.1, -0.05) is 6.92 Å². The predicted octanol–water partition coefficient (Wildman–Crippen LogP) is 1.47. The number of hydrogen-bond acceptors (Lipinski definition) is 3. The molecule has 1 saturated heterocycles. The normalized spacial score (nSPS) is 18.7. The number of carbonyl (C=O) groups is 2. The maximum absolute atomic E-state index is 11.4. The van der Waals surface area contributed by atoms with E-state index >= 15 is 0 Å². The van der Waals surface area contributed by atoms with Gasteiger partial charge in [-0.25, -0.2) is 4.79 Å². The molecule has 1 rings (SSSR count). The summed E-state index contributed by atoms with van der Waals surface area (Å²) in [6.07, 6.45) is 3.48. The highest BCUT2D eigenvalue weighted by Crippen LogP contribution is 2.22. The molecule has 0 unspecified atom stereocenters. The first-order chi connectivity index (χ1) is 7.19. The van der Waals surface area contributed by atoms with Crippen molar-refractivity contribution in [1.29, 1.82) is 0 Å². The Labute approximate surface area is 89.9 Å². The predicted molar refractivity (Wildman–Crippen MR) is 56.0 cm³/mol. The maximum Gasteiger partial charge on any atom is 0.332 e. The zero-order valence-corrected chi connectivity index (χ0v) is 9.28. The number of nitrogens with zero attached hydrogens (tertiary/aromatic N) is 1. The molecule has 4 heteroatoms. The van der Waals surface area contributed by atoms with E-state index < -0.39 is 0 Å². The number of ether oxygens (including phenoxy) is 1. The first-order valence-corrected chi connectivity index (χ1v) is 5.36. The van der Waals surface area contributed by atoms with Gasteiger partial charge >= 0.3 is 5.97 Å². The van der Waals surface area contributed by atoms with Gasteiger partial charge in [-0.15, -0.1) is 0 Å². The summed E-state index contributed by atoms with van der Waals surface area (Å²) in [6, 6.07) is 0. The van der Waals surface area contributed by atoms with Gasteiger partial charge in [-0.3, -0.25) is 4.79 Å². The van der Waals surface area contributed by atoms with Gasteiger partial charge in [0.15, 0.2) is 0 Å². The molecule has 1 aliphatic rings. The minimum absolute atomic E-state index is 0.104. The topological polar surface area (TPSA) is 46.6 Å². The number of rotatable bonds is 4. The summed E-state index contributed by atoms with van der Waals surface area (Å²) >= 11 is 0. The van der Waals surface area contributed by atoms with Gasteiger partial charge < -0.3 is 9.64 Å². The molecule has 0 N–H and O–H groups in total. The van der Waals surface area contributed by atoms with Crippen LogP contribution in [0.15, 0.2) is 11.8 Å². The lowest BCUT2D eigenvalue weighted by Gasteiger charge is -2.16. The van der Waals surface area contributed by atoms with E-state index in [0.717, 1.165) is 12.1 Å². The van der Waals surface area contributed by atoms with E-state index in [2.05, 4.69) is 0 Å². The van der Waals surface area contributed by atoms with Crippen LogP contribution >= 0.6 is 0 Å². The van der Waals surface area contributed by atoms with E-state index in [1.54, 1.807) is 11.8 Å². The first-order valence-electron chi connectivity index (χ1n) is 5.36. The molecule has 15 heavy (non-hydrogen) atoms. The zero-order chi connectivity index (χ0) is 11.3. The molecule has 84 valence electrons. The van der Waals surface area contributed by atoms with Crippen LogP contribution in [0.1, 0.15) is 33.1 Å². The van der Waals surface area contributed by atoms with E-state index in [4.69, 9.17) is 4.74 Å². The third kappa shape index (κ3) is 3.08. The Balaban J connectivity index is 2.67. The zero-order valence-electron chi connectivity index (χ0n) is 9.28. The Morgan fingerprint density at radius 1 is 1.47 bits per heavy atom. The van der Waals surface area contributed by atoms with Crippen molar-refractivity contribution in [3.8, 4) is 0 Å². The van der Waals surface area contributed by atoms with Crippen molar-refractivity contribution in [2.45, 2.75) is 33.1 Å². The fourth-order valence-corrected chi connectivity index (χ4v) is 1.63. The highest BCUT2D eigenvalue weighted by molar-refractivity contribution is 5.87. The van der Waals surface area contributed by atoms with Crippen molar-refractivity contribution < 1.29 is 14.3 Å². The number of carbonyl (C=O) groups excluding carboxylic acids is 2. The molecule has 0 aromatic heterocycles. The van der Waals surface area contributed by atoms with Crippen LogP contribution in [0.25, 0.3) is 0 Å². The van der Waals surface area contributed by atoms with Crippen LogP contribution in [0, 0.1) is 0 Å². The standard InChI is InChI=1S/C11H17NO3/c1-3-7-12-9(5-6-10(12)13)8-11(14)15-4-2/h8H,3-7H2,1-2H3/b9-8+. The van der Waals surface area contributed by atoms with E-state index in [1.165, 1.54) is 6.08 Å². The SMILES string of the molecule is CCCN1C(=O)CC/C1=C\C(=O)OCC. The second-order valence-electron chi connectivity index (χ2n) is 3.43. The molecule has 0 bridgehead atoms. The molecule has 0 aromatic carbocycles. The Morgan fingerprint density at radius 2 is 2.20 bits per heavy atom. The molecule has 1 fully saturated rings. The lowest BCUT2D eigenvalue weighted by Crippen LogP contribution is -2.24. The Bertz CT molecular complexity index is 284. The summed E-state index contributed by atoms with van der Waals surface area (Å²) < 4.78 is 4.81. The third-order valence-corrected chi connectivity index (χ3v) is 2.26. The molecule has 0 atom stereocenters. The van der Waals surface area contributed by atoms with Crippen molar-refractivity contribution in [1.82, 2.24) is 4.90 Å². The number of allylic oxidation sites excluding steroid dienone is 1. The van der Waals surface area contributed by atoms with Crippen LogP contribution < -0.4 is 0 Å². The summed E-state index contributed by atoms with van der Waals surface area (Å²) in [6.45, 7) is 4.82. The fourth-order valence-electron chi connectivity index (χ4n) is 1.63. The van der Waals surface area contributed by atoms with Crippen LogP contribution in [0.2, 0.25) is 0 Å². The number of esters is 1.